The van der Waals surface area contributed by atoms with Gasteiger partial charge in [-0.05, 0) is 18.7 Å². The maximum absolute atomic E-state index is 6.28. The number of hydrogen-bond acceptors (Lipinski definition) is 4. The van der Waals surface area contributed by atoms with Crippen LogP contribution in [0.25, 0.3) is 11.0 Å². The lowest BCUT2D eigenvalue weighted by Gasteiger charge is -2.34. The second-order valence-electron chi connectivity index (χ2n) is 4.75. The third-order valence-corrected chi connectivity index (χ3v) is 3.88. The summed E-state index contributed by atoms with van der Waals surface area (Å²) in [6.45, 7) is 7.33. The summed E-state index contributed by atoms with van der Waals surface area (Å²) in [5.41, 5.74) is 1.75. The highest BCUT2D eigenvalue weighted by molar-refractivity contribution is 6.32. The average molecular weight is 277 g/mol. The standard InChI is InChI=1S/C14H17ClN4/c1-2-18-7-9-19(10-8-18)14-13(15)16-11-5-3-4-6-12(11)17-14/h3-6H,2,7-10H2,1H3. The molecule has 4 nitrogen and oxygen atoms in total. The van der Waals surface area contributed by atoms with Gasteiger partial charge in [-0.3, -0.25) is 0 Å². The minimum absolute atomic E-state index is 0.503. The van der Waals surface area contributed by atoms with Gasteiger partial charge in [-0.15, -0.1) is 0 Å². The second-order valence-corrected chi connectivity index (χ2v) is 5.11. The van der Waals surface area contributed by atoms with E-state index in [1.165, 1.54) is 0 Å². The zero-order chi connectivity index (χ0) is 13.2. The SMILES string of the molecule is CCN1CCN(c2nc3ccccc3nc2Cl)CC1. The summed E-state index contributed by atoms with van der Waals surface area (Å²) in [5.74, 6) is 0.816. The first-order valence-electron chi connectivity index (χ1n) is 6.67. The number of para-hydroxylation sites is 2. The van der Waals surface area contributed by atoms with Crippen molar-refractivity contribution in [3.63, 3.8) is 0 Å². The number of anilines is 1. The van der Waals surface area contributed by atoms with Crippen molar-refractivity contribution in [3.05, 3.63) is 29.4 Å². The van der Waals surface area contributed by atoms with E-state index in [-0.39, 0.29) is 0 Å². The van der Waals surface area contributed by atoms with Crippen LogP contribution in [0.5, 0.6) is 0 Å². The maximum atomic E-state index is 6.28. The Bertz CT molecular complexity index is 579. The first-order chi connectivity index (χ1) is 9.28. The molecule has 0 radical (unpaired) electrons. The minimum Gasteiger partial charge on any atom is -0.351 e. The van der Waals surface area contributed by atoms with Crippen LogP contribution in [0.1, 0.15) is 6.92 Å². The lowest BCUT2D eigenvalue weighted by molar-refractivity contribution is 0.270. The largest absolute Gasteiger partial charge is 0.351 e. The molecule has 2 aromatic rings. The van der Waals surface area contributed by atoms with Crippen LogP contribution in [0.2, 0.25) is 5.15 Å². The number of halogens is 1. The van der Waals surface area contributed by atoms with Crippen LogP contribution in [0, 0.1) is 0 Å². The predicted molar refractivity (Wildman–Crippen MR) is 78.9 cm³/mol. The zero-order valence-electron chi connectivity index (χ0n) is 11.0. The molecule has 2 heterocycles. The fourth-order valence-corrected chi connectivity index (χ4v) is 2.70. The Hall–Kier alpha value is -1.39. The first-order valence-corrected chi connectivity index (χ1v) is 7.05. The summed E-state index contributed by atoms with van der Waals surface area (Å²) in [7, 11) is 0. The number of likely N-dealkylation sites (N-methyl/N-ethyl adjacent to an activating group) is 1. The molecule has 19 heavy (non-hydrogen) atoms. The average Bonchev–Trinajstić information content (AvgIpc) is 2.47. The summed E-state index contributed by atoms with van der Waals surface area (Å²) >= 11 is 6.28. The number of rotatable bonds is 2. The molecule has 3 rings (SSSR count). The fraction of sp³-hybridized carbons (Fsp3) is 0.429. The van der Waals surface area contributed by atoms with Crippen molar-refractivity contribution in [1.29, 1.82) is 0 Å². The molecule has 1 fully saturated rings. The third kappa shape index (κ3) is 2.51. The van der Waals surface area contributed by atoms with Gasteiger partial charge in [0.05, 0.1) is 11.0 Å². The Morgan fingerprint density at radius 3 is 2.32 bits per heavy atom. The fourth-order valence-electron chi connectivity index (χ4n) is 2.45. The number of benzene rings is 1. The number of piperazine rings is 1. The van der Waals surface area contributed by atoms with Crippen LogP contribution in [0.4, 0.5) is 5.82 Å². The minimum atomic E-state index is 0.503. The molecular weight excluding hydrogens is 260 g/mol. The molecule has 0 bridgehead atoms. The van der Waals surface area contributed by atoms with Crippen LogP contribution in [0.15, 0.2) is 24.3 Å². The van der Waals surface area contributed by atoms with Gasteiger partial charge in [0.25, 0.3) is 0 Å². The van der Waals surface area contributed by atoms with Gasteiger partial charge < -0.3 is 9.80 Å². The highest BCUT2D eigenvalue weighted by atomic mass is 35.5. The van der Waals surface area contributed by atoms with E-state index in [1.807, 2.05) is 24.3 Å². The van der Waals surface area contributed by atoms with E-state index in [0.717, 1.165) is 49.6 Å². The summed E-state index contributed by atoms with van der Waals surface area (Å²) in [5, 5.41) is 0.503. The van der Waals surface area contributed by atoms with Gasteiger partial charge in [0.2, 0.25) is 0 Å². The first kappa shape index (κ1) is 12.6. The normalized spacial score (nSPS) is 17.1. The summed E-state index contributed by atoms with van der Waals surface area (Å²) < 4.78 is 0. The topological polar surface area (TPSA) is 32.3 Å². The van der Waals surface area contributed by atoms with Crippen molar-refractivity contribution in [1.82, 2.24) is 14.9 Å². The van der Waals surface area contributed by atoms with Crippen LogP contribution < -0.4 is 4.90 Å². The van der Waals surface area contributed by atoms with Gasteiger partial charge in [-0.25, -0.2) is 9.97 Å². The second kappa shape index (κ2) is 5.31. The lowest BCUT2D eigenvalue weighted by Crippen LogP contribution is -2.46. The molecule has 100 valence electrons. The van der Waals surface area contributed by atoms with Gasteiger partial charge in [0.1, 0.15) is 0 Å². The maximum Gasteiger partial charge on any atom is 0.172 e. The zero-order valence-corrected chi connectivity index (χ0v) is 11.8. The third-order valence-electron chi connectivity index (χ3n) is 3.63. The van der Waals surface area contributed by atoms with Gasteiger partial charge in [0.15, 0.2) is 11.0 Å². The summed E-state index contributed by atoms with van der Waals surface area (Å²) in [6, 6.07) is 7.84. The van der Waals surface area contributed by atoms with Gasteiger partial charge in [-0.1, -0.05) is 30.7 Å². The van der Waals surface area contributed by atoms with E-state index in [1.54, 1.807) is 0 Å². The quantitative estimate of drug-likeness (QED) is 0.843. The van der Waals surface area contributed by atoms with Crippen molar-refractivity contribution < 1.29 is 0 Å². The molecular formula is C14H17ClN4. The van der Waals surface area contributed by atoms with Crippen LogP contribution >= 0.6 is 11.6 Å². The number of hydrogen-bond donors (Lipinski definition) is 0. The Balaban J connectivity index is 1.90. The van der Waals surface area contributed by atoms with Gasteiger partial charge in [-0.2, -0.15) is 0 Å². The van der Waals surface area contributed by atoms with E-state index >= 15 is 0 Å². The Labute approximate surface area is 118 Å². The Morgan fingerprint density at radius 2 is 1.68 bits per heavy atom. The van der Waals surface area contributed by atoms with E-state index < -0.39 is 0 Å². The Kier molecular flexibility index (Phi) is 3.53. The highest BCUT2D eigenvalue weighted by Gasteiger charge is 2.20. The molecule has 1 saturated heterocycles. The van der Waals surface area contributed by atoms with E-state index in [2.05, 4.69) is 26.7 Å². The lowest BCUT2D eigenvalue weighted by atomic mass is 10.3. The molecule has 0 saturated carbocycles. The molecule has 0 N–H and O–H groups in total. The molecule has 0 unspecified atom stereocenters. The summed E-state index contributed by atoms with van der Waals surface area (Å²) in [6.07, 6.45) is 0. The molecule has 5 heteroatoms. The molecule has 0 atom stereocenters. The van der Waals surface area contributed by atoms with Gasteiger partial charge >= 0.3 is 0 Å². The van der Waals surface area contributed by atoms with E-state index in [0.29, 0.717) is 5.15 Å². The van der Waals surface area contributed by atoms with Crippen molar-refractivity contribution in [3.8, 4) is 0 Å². The number of nitrogens with zero attached hydrogens (tertiary/aromatic N) is 4. The van der Waals surface area contributed by atoms with E-state index in [9.17, 15) is 0 Å². The molecule has 1 aromatic heterocycles. The monoisotopic (exact) mass is 276 g/mol. The van der Waals surface area contributed by atoms with Gasteiger partial charge in [0, 0.05) is 26.2 Å². The highest BCUT2D eigenvalue weighted by Crippen LogP contribution is 2.25. The molecule has 1 aliphatic rings. The molecule has 0 amide bonds. The molecule has 0 aliphatic carbocycles. The smallest absolute Gasteiger partial charge is 0.172 e. The van der Waals surface area contributed by atoms with Crippen LogP contribution in [-0.4, -0.2) is 47.6 Å². The molecule has 1 aliphatic heterocycles. The number of aromatic nitrogens is 2. The van der Waals surface area contributed by atoms with Crippen molar-refractivity contribution in [2.24, 2.45) is 0 Å². The predicted octanol–water partition coefficient (Wildman–Crippen LogP) is 2.43. The van der Waals surface area contributed by atoms with Crippen LogP contribution in [-0.2, 0) is 0 Å². The Morgan fingerprint density at radius 1 is 1.05 bits per heavy atom. The van der Waals surface area contributed by atoms with E-state index in [4.69, 9.17) is 11.6 Å². The van der Waals surface area contributed by atoms with Crippen molar-refractivity contribution in [2.45, 2.75) is 6.92 Å². The summed E-state index contributed by atoms with van der Waals surface area (Å²) in [4.78, 5) is 13.8. The number of fused-ring (bicyclic) bond motifs is 1. The van der Waals surface area contributed by atoms with Crippen LogP contribution in [0.3, 0.4) is 0 Å². The van der Waals surface area contributed by atoms with Crippen molar-refractivity contribution >= 4 is 28.5 Å². The van der Waals surface area contributed by atoms with Crippen molar-refractivity contribution in [2.75, 3.05) is 37.6 Å². The molecule has 1 aromatic carbocycles. The molecule has 0 spiro atoms.